The molecule has 3 nitrogen and oxygen atoms in total. The molecule has 0 heterocycles. The Bertz CT molecular complexity index is 723. The second-order valence-electron chi connectivity index (χ2n) is 10.3. The summed E-state index contributed by atoms with van der Waals surface area (Å²) in [6, 6.07) is 0. The monoisotopic (exact) mass is 444 g/mol. The van der Waals surface area contributed by atoms with E-state index in [4.69, 9.17) is 5.11 Å². The summed E-state index contributed by atoms with van der Waals surface area (Å²) in [4.78, 5) is 10.9. The first-order valence-corrected chi connectivity index (χ1v) is 12.6. The third-order valence-corrected chi connectivity index (χ3v) is 7.38. The lowest BCUT2D eigenvalue weighted by molar-refractivity contribution is -0.141. The second kappa shape index (κ2) is 14.5. The van der Waals surface area contributed by atoms with Crippen LogP contribution in [0, 0.1) is 17.8 Å². The molecule has 0 radical (unpaired) electrons. The van der Waals surface area contributed by atoms with Gasteiger partial charge in [-0.1, -0.05) is 67.7 Å². The predicted molar refractivity (Wildman–Crippen MR) is 137 cm³/mol. The lowest BCUT2D eigenvalue weighted by atomic mass is 9.80. The number of rotatable bonds is 14. The molecule has 1 aliphatic carbocycles. The molecule has 1 aliphatic rings. The Labute approximate surface area is 197 Å². The minimum absolute atomic E-state index is 0.261. The zero-order valence-electron chi connectivity index (χ0n) is 21.7. The minimum atomic E-state index is -0.703. The summed E-state index contributed by atoms with van der Waals surface area (Å²) in [5.74, 6) is 0.210. The number of aliphatic carboxylic acids is 1. The third-order valence-electron chi connectivity index (χ3n) is 7.38. The van der Waals surface area contributed by atoms with Crippen LogP contribution in [-0.4, -0.2) is 22.3 Å². The van der Waals surface area contributed by atoms with Crippen LogP contribution in [0.3, 0.4) is 0 Å². The summed E-state index contributed by atoms with van der Waals surface area (Å²) in [6.07, 6.45) is 15.9. The molecule has 0 aromatic heterocycles. The molecule has 0 saturated carbocycles. The van der Waals surface area contributed by atoms with Gasteiger partial charge in [0.1, 0.15) is 0 Å². The third kappa shape index (κ3) is 10.3. The number of aliphatic hydroxyl groups excluding tert-OH is 1. The average Bonchev–Trinajstić information content (AvgIpc) is 2.73. The largest absolute Gasteiger partial charge is 0.481 e. The molecule has 182 valence electrons. The van der Waals surface area contributed by atoms with Crippen molar-refractivity contribution in [1.82, 2.24) is 0 Å². The summed E-state index contributed by atoms with van der Waals surface area (Å²) >= 11 is 0. The van der Waals surface area contributed by atoms with Gasteiger partial charge < -0.3 is 10.2 Å². The Morgan fingerprint density at radius 1 is 1.00 bits per heavy atom. The highest BCUT2D eigenvalue weighted by molar-refractivity contribution is 5.69. The quantitative estimate of drug-likeness (QED) is 0.267. The van der Waals surface area contributed by atoms with Crippen LogP contribution in [0.15, 0.2) is 46.1 Å². The van der Waals surface area contributed by atoms with Crippen LogP contribution in [0.2, 0.25) is 0 Å². The van der Waals surface area contributed by atoms with Crippen molar-refractivity contribution in [2.45, 2.75) is 112 Å². The summed E-state index contributed by atoms with van der Waals surface area (Å²) in [7, 11) is 0. The number of hydrogen-bond donors (Lipinski definition) is 2. The zero-order chi connectivity index (χ0) is 24.3. The van der Waals surface area contributed by atoms with Gasteiger partial charge in [-0.25, -0.2) is 0 Å². The van der Waals surface area contributed by atoms with Gasteiger partial charge in [0.2, 0.25) is 0 Å². The molecule has 32 heavy (non-hydrogen) atoms. The van der Waals surface area contributed by atoms with Crippen LogP contribution in [0.5, 0.6) is 0 Å². The van der Waals surface area contributed by atoms with Gasteiger partial charge >= 0.3 is 5.97 Å². The highest BCUT2D eigenvalue weighted by Gasteiger charge is 2.22. The standard InChI is InChI=1S/C29H48O3/c1-20(11-8-12-21(2)15-10-16-23(4)29(31)32)13-9-14-22(3)17-18-27-19-28(30)26(7)24(5)25(27)6/h11,15,19,22-23,25,28,30H,8-10,12-14,16-18H2,1-7H3,(H,31,32)/b20-11+,21-15+. The van der Waals surface area contributed by atoms with Gasteiger partial charge in [-0.3, -0.25) is 4.79 Å². The van der Waals surface area contributed by atoms with Crippen LogP contribution < -0.4 is 0 Å². The van der Waals surface area contributed by atoms with Crippen molar-refractivity contribution in [1.29, 1.82) is 0 Å². The Balaban J connectivity index is 2.25. The molecule has 0 amide bonds. The highest BCUT2D eigenvalue weighted by Crippen LogP contribution is 2.33. The molecule has 0 bridgehead atoms. The SMILES string of the molecule is CC1=C(C)C(C)C(CCC(C)CCC/C(C)=C/CC/C(C)=C/CCC(C)C(=O)O)=CC1O. The molecule has 1 rings (SSSR count). The smallest absolute Gasteiger partial charge is 0.306 e. The first kappa shape index (κ1) is 28.4. The van der Waals surface area contributed by atoms with Gasteiger partial charge in [0.05, 0.1) is 12.0 Å². The Kier molecular flexibility index (Phi) is 12.9. The maximum absolute atomic E-state index is 10.9. The number of carboxylic acid groups (broad SMARTS) is 1. The lowest BCUT2D eigenvalue weighted by Gasteiger charge is -2.27. The topological polar surface area (TPSA) is 57.5 Å². The molecule has 3 heteroatoms. The van der Waals surface area contributed by atoms with Crippen LogP contribution in [0.4, 0.5) is 0 Å². The fraction of sp³-hybridized carbons (Fsp3) is 0.690. The lowest BCUT2D eigenvalue weighted by Crippen LogP contribution is -2.18. The summed E-state index contributed by atoms with van der Waals surface area (Å²) < 4.78 is 0. The zero-order valence-corrected chi connectivity index (χ0v) is 21.7. The molecule has 0 aromatic carbocycles. The molecule has 4 unspecified atom stereocenters. The van der Waals surface area contributed by atoms with Gasteiger partial charge in [-0.2, -0.15) is 0 Å². The van der Waals surface area contributed by atoms with E-state index >= 15 is 0 Å². The maximum Gasteiger partial charge on any atom is 0.306 e. The van der Waals surface area contributed by atoms with Crippen molar-refractivity contribution in [3.63, 3.8) is 0 Å². The molecular formula is C29H48O3. The van der Waals surface area contributed by atoms with Crippen LogP contribution in [-0.2, 0) is 4.79 Å². The first-order valence-electron chi connectivity index (χ1n) is 12.6. The van der Waals surface area contributed by atoms with Crippen molar-refractivity contribution in [3.05, 3.63) is 46.1 Å². The van der Waals surface area contributed by atoms with Gasteiger partial charge in [0.15, 0.2) is 0 Å². The van der Waals surface area contributed by atoms with Gasteiger partial charge in [0.25, 0.3) is 0 Å². The summed E-state index contributed by atoms with van der Waals surface area (Å²) in [5.41, 5.74) is 6.70. The molecule has 4 atom stereocenters. The van der Waals surface area contributed by atoms with Gasteiger partial charge in [0, 0.05) is 0 Å². The van der Waals surface area contributed by atoms with E-state index in [0.717, 1.165) is 31.3 Å². The number of carbonyl (C=O) groups is 1. The van der Waals surface area contributed by atoms with E-state index in [1.54, 1.807) is 6.92 Å². The van der Waals surface area contributed by atoms with Crippen LogP contribution in [0.25, 0.3) is 0 Å². The summed E-state index contributed by atoms with van der Waals surface area (Å²) in [5, 5.41) is 19.2. The molecule has 0 saturated heterocycles. The van der Waals surface area contributed by atoms with E-state index in [9.17, 15) is 9.90 Å². The van der Waals surface area contributed by atoms with Crippen LogP contribution in [0.1, 0.15) is 106 Å². The predicted octanol–water partition coefficient (Wildman–Crippen LogP) is 8.02. The van der Waals surface area contributed by atoms with Crippen molar-refractivity contribution < 1.29 is 15.0 Å². The Morgan fingerprint density at radius 3 is 2.28 bits per heavy atom. The van der Waals surface area contributed by atoms with Crippen molar-refractivity contribution in [2.24, 2.45) is 17.8 Å². The van der Waals surface area contributed by atoms with E-state index in [-0.39, 0.29) is 5.92 Å². The number of hydrogen-bond acceptors (Lipinski definition) is 2. The molecule has 0 aromatic rings. The molecule has 0 spiro atoms. The first-order chi connectivity index (χ1) is 15.0. The van der Waals surface area contributed by atoms with Crippen molar-refractivity contribution in [2.75, 3.05) is 0 Å². The van der Waals surface area contributed by atoms with E-state index in [2.05, 4.69) is 52.8 Å². The Morgan fingerprint density at radius 2 is 1.62 bits per heavy atom. The van der Waals surface area contributed by atoms with E-state index < -0.39 is 12.1 Å². The number of carboxylic acids is 1. The van der Waals surface area contributed by atoms with Crippen molar-refractivity contribution in [3.8, 4) is 0 Å². The molecule has 2 N–H and O–H groups in total. The van der Waals surface area contributed by atoms with E-state index in [1.807, 2.05) is 6.92 Å². The van der Waals surface area contributed by atoms with Crippen molar-refractivity contribution >= 4 is 5.97 Å². The van der Waals surface area contributed by atoms with Gasteiger partial charge in [-0.05, 0) is 96.5 Å². The molecular weight excluding hydrogens is 396 g/mol. The second-order valence-corrected chi connectivity index (χ2v) is 10.3. The molecule has 0 aliphatic heterocycles. The normalized spacial score (nSPS) is 22.1. The fourth-order valence-corrected chi connectivity index (χ4v) is 4.37. The average molecular weight is 445 g/mol. The number of aliphatic hydroxyl groups is 1. The highest BCUT2D eigenvalue weighted by atomic mass is 16.4. The molecule has 0 fully saturated rings. The van der Waals surface area contributed by atoms with Gasteiger partial charge in [-0.15, -0.1) is 0 Å². The van der Waals surface area contributed by atoms with E-state index in [0.29, 0.717) is 18.3 Å². The maximum atomic E-state index is 10.9. The fourth-order valence-electron chi connectivity index (χ4n) is 4.37. The number of allylic oxidation sites excluding steroid dienone is 6. The Hall–Kier alpha value is -1.61. The van der Waals surface area contributed by atoms with E-state index in [1.165, 1.54) is 48.0 Å². The minimum Gasteiger partial charge on any atom is -0.481 e. The summed E-state index contributed by atoms with van der Waals surface area (Å²) in [6.45, 7) is 15.0. The van der Waals surface area contributed by atoms with Crippen LogP contribution >= 0.6 is 0 Å².